The van der Waals surface area contributed by atoms with Gasteiger partial charge in [-0.25, -0.2) is 0 Å². The number of hydrogen-bond donors (Lipinski definition) is 0. The molecule has 0 saturated carbocycles. The first-order chi connectivity index (χ1) is 12.2. The number of carbonyl (C=O) groups is 2. The van der Waals surface area contributed by atoms with Crippen LogP contribution in [0.1, 0.15) is 77.2 Å². The number of esters is 2. The van der Waals surface area contributed by atoms with E-state index in [-0.39, 0.29) is 24.8 Å². The second kappa shape index (κ2) is 13.5. The molecule has 0 unspecified atom stereocenters. The largest absolute Gasteiger partial charge is 0.466 e. The SMILES string of the molecule is CCCCCCCCOC(=O)CCCC(=O)Oc1cccc(CC)c1. The number of aryl methyl sites for hydroxylation is 1. The van der Waals surface area contributed by atoms with Crippen molar-refractivity contribution in [3.63, 3.8) is 0 Å². The van der Waals surface area contributed by atoms with Crippen molar-refractivity contribution in [2.75, 3.05) is 6.61 Å². The van der Waals surface area contributed by atoms with Crippen molar-refractivity contribution < 1.29 is 19.1 Å². The first-order valence-corrected chi connectivity index (χ1v) is 9.61. The Morgan fingerprint density at radius 1 is 0.880 bits per heavy atom. The quantitative estimate of drug-likeness (QED) is 0.278. The molecule has 1 aromatic rings. The number of ether oxygens (including phenoxy) is 2. The van der Waals surface area contributed by atoms with Gasteiger partial charge in [-0.1, -0.05) is 58.1 Å². The summed E-state index contributed by atoms with van der Waals surface area (Å²) in [4.78, 5) is 23.4. The summed E-state index contributed by atoms with van der Waals surface area (Å²) >= 11 is 0. The molecule has 1 aromatic carbocycles. The fraction of sp³-hybridized carbons (Fsp3) is 0.619. The smallest absolute Gasteiger partial charge is 0.311 e. The molecular formula is C21H32O4. The van der Waals surface area contributed by atoms with E-state index in [1.807, 2.05) is 18.2 Å². The van der Waals surface area contributed by atoms with Crippen molar-refractivity contribution in [2.24, 2.45) is 0 Å². The molecule has 0 aliphatic carbocycles. The van der Waals surface area contributed by atoms with Gasteiger partial charge in [0.2, 0.25) is 0 Å². The summed E-state index contributed by atoms with van der Waals surface area (Å²) in [5.41, 5.74) is 1.13. The predicted octanol–water partition coefficient (Wildman–Crippen LogP) is 5.23. The summed E-state index contributed by atoms with van der Waals surface area (Å²) in [6.45, 7) is 4.73. The molecule has 0 radical (unpaired) electrons. The summed E-state index contributed by atoms with van der Waals surface area (Å²) in [5.74, 6) is 0.0290. The van der Waals surface area contributed by atoms with Crippen molar-refractivity contribution in [1.29, 1.82) is 0 Å². The Labute approximate surface area is 151 Å². The topological polar surface area (TPSA) is 52.6 Å². The Morgan fingerprint density at radius 3 is 2.36 bits per heavy atom. The highest BCUT2D eigenvalue weighted by Gasteiger charge is 2.08. The molecule has 0 atom stereocenters. The van der Waals surface area contributed by atoms with Gasteiger partial charge >= 0.3 is 11.9 Å². The first kappa shape index (κ1) is 21.2. The van der Waals surface area contributed by atoms with Crippen LogP contribution >= 0.6 is 0 Å². The maximum absolute atomic E-state index is 11.8. The number of carbonyl (C=O) groups excluding carboxylic acids is 2. The van der Waals surface area contributed by atoms with Crippen LogP contribution in [0.2, 0.25) is 0 Å². The minimum Gasteiger partial charge on any atom is -0.466 e. The van der Waals surface area contributed by atoms with Crippen molar-refractivity contribution >= 4 is 11.9 Å². The zero-order valence-electron chi connectivity index (χ0n) is 15.7. The summed E-state index contributed by atoms with van der Waals surface area (Å²) < 4.78 is 10.5. The van der Waals surface area contributed by atoms with Crippen LogP contribution in [-0.4, -0.2) is 18.5 Å². The van der Waals surface area contributed by atoms with Crippen LogP contribution in [0.4, 0.5) is 0 Å². The van der Waals surface area contributed by atoms with Crippen LogP contribution in [0.15, 0.2) is 24.3 Å². The van der Waals surface area contributed by atoms with Crippen LogP contribution in [0.3, 0.4) is 0 Å². The zero-order valence-corrected chi connectivity index (χ0v) is 15.7. The molecule has 0 amide bonds. The van der Waals surface area contributed by atoms with E-state index in [0.29, 0.717) is 18.8 Å². The Hall–Kier alpha value is -1.84. The van der Waals surface area contributed by atoms with E-state index in [1.165, 1.54) is 25.7 Å². The van der Waals surface area contributed by atoms with E-state index in [9.17, 15) is 9.59 Å². The highest BCUT2D eigenvalue weighted by Crippen LogP contribution is 2.15. The lowest BCUT2D eigenvalue weighted by atomic mass is 10.1. The van der Waals surface area contributed by atoms with Crippen LogP contribution < -0.4 is 4.74 Å². The van der Waals surface area contributed by atoms with Crippen LogP contribution in [0.25, 0.3) is 0 Å². The Balaban J connectivity index is 2.07. The molecule has 0 aliphatic heterocycles. The molecule has 0 N–H and O–H groups in total. The first-order valence-electron chi connectivity index (χ1n) is 9.61. The lowest BCUT2D eigenvalue weighted by Crippen LogP contribution is -2.10. The van der Waals surface area contributed by atoms with Crippen LogP contribution in [-0.2, 0) is 20.7 Å². The van der Waals surface area contributed by atoms with E-state index >= 15 is 0 Å². The molecule has 140 valence electrons. The standard InChI is InChI=1S/C21H32O4/c1-3-5-6-7-8-9-16-24-20(22)14-11-15-21(23)25-19-13-10-12-18(4-2)17-19/h10,12-13,17H,3-9,11,14-16H2,1-2H3. The number of benzene rings is 1. The lowest BCUT2D eigenvalue weighted by molar-refractivity contribution is -0.144. The average Bonchev–Trinajstić information content (AvgIpc) is 2.61. The summed E-state index contributed by atoms with van der Waals surface area (Å²) in [6, 6.07) is 7.51. The average molecular weight is 348 g/mol. The summed E-state index contributed by atoms with van der Waals surface area (Å²) in [7, 11) is 0. The molecule has 0 spiro atoms. The van der Waals surface area contributed by atoms with Gasteiger partial charge in [-0.3, -0.25) is 9.59 Å². The molecular weight excluding hydrogens is 316 g/mol. The maximum atomic E-state index is 11.8. The second-order valence-electron chi connectivity index (χ2n) is 6.32. The highest BCUT2D eigenvalue weighted by atomic mass is 16.5. The van der Waals surface area contributed by atoms with Gasteiger partial charge in [-0.05, 0) is 37.0 Å². The van der Waals surface area contributed by atoms with Gasteiger partial charge in [-0.2, -0.15) is 0 Å². The molecule has 0 bridgehead atoms. The third-order valence-electron chi connectivity index (χ3n) is 4.06. The fourth-order valence-electron chi connectivity index (χ4n) is 2.53. The third-order valence-corrected chi connectivity index (χ3v) is 4.06. The summed E-state index contributed by atoms with van der Waals surface area (Å²) in [5, 5.41) is 0. The zero-order chi connectivity index (χ0) is 18.3. The van der Waals surface area contributed by atoms with E-state index < -0.39 is 0 Å². The molecule has 0 saturated heterocycles. The number of rotatable bonds is 13. The second-order valence-corrected chi connectivity index (χ2v) is 6.32. The molecule has 0 heterocycles. The fourth-order valence-corrected chi connectivity index (χ4v) is 2.53. The van der Waals surface area contributed by atoms with Gasteiger partial charge in [-0.15, -0.1) is 0 Å². The molecule has 0 aromatic heterocycles. The molecule has 4 heteroatoms. The minimum absolute atomic E-state index is 0.225. The van der Waals surface area contributed by atoms with Crippen LogP contribution in [0, 0.1) is 0 Å². The maximum Gasteiger partial charge on any atom is 0.311 e. The van der Waals surface area contributed by atoms with Crippen molar-refractivity contribution in [3.05, 3.63) is 29.8 Å². The van der Waals surface area contributed by atoms with Gasteiger partial charge < -0.3 is 9.47 Å². The number of hydrogen-bond acceptors (Lipinski definition) is 4. The lowest BCUT2D eigenvalue weighted by Gasteiger charge is -2.06. The van der Waals surface area contributed by atoms with Gasteiger partial charge in [0.25, 0.3) is 0 Å². The van der Waals surface area contributed by atoms with Crippen LogP contribution in [0.5, 0.6) is 5.75 Å². The third kappa shape index (κ3) is 10.6. The highest BCUT2D eigenvalue weighted by molar-refractivity contribution is 5.74. The Morgan fingerprint density at radius 2 is 1.60 bits per heavy atom. The normalized spacial score (nSPS) is 10.5. The monoisotopic (exact) mass is 348 g/mol. The summed E-state index contributed by atoms with van der Waals surface area (Å²) in [6.07, 6.45) is 8.85. The van der Waals surface area contributed by atoms with Crippen molar-refractivity contribution in [2.45, 2.75) is 78.1 Å². The van der Waals surface area contributed by atoms with E-state index in [4.69, 9.17) is 9.47 Å². The van der Waals surface area contributed by atoms with E-state index in [0.717, 1.165) is 24.8 Å². The Bertz CT molecular complexity index is 510. The van der Waals surface area contributed by atoms with Crippen molar-refractivity contribution in [3.8, 4) is 5.75 Å². The predicted molar refractivity (Wildman–Crippen MR) is 99.6 cm³/mol. The molecule has 0 aliphatic rings. The van der Waals surface area contributed by atoms with Gasteiger partial charge in [0.05, 0.1) is 6.61 Å². The van der Waals surface area contributed by atoms with E-state index in [1.54, 1.807) is 6.07 Å². The van der Waals surface area contributed by atoms with Gasteiger partial charge in [0.1, 0.15) is 5.75 Å². The van der Waals surface area contributed by atoms with E-state index in [2.05, 4.69) is 13.8 Å². The molecule has 25 heavy (non-hydrogen) atoms. The molecule has 0 fully saturated rings. The van der Waals surface area contributed by atoms with Crippen molar-refractivity contribution in [1.82, 2.24) is 0 Å². The number of unbranched alkanes of at least 4 members (excludes halogenated alkanes) is 5. The molecule has 4 nitrogen and oxygen atoms in total. The minimum atomic E-state index is -0.308. The van der Waals surface area contributed by atoms with Gasteiger partial charge in [0.15, 0.2) is 0 Å². The molecule has 1 rings (SSSR count). The van der Waals surface area contributed by atoms with Gasteiger partial charge in [0, 0.05) is 12.8 Å². The Kier molecular flexibility index (Phi) is 11.4.